The maximum Gasteiger partial charge on any atom is 0.333 e. The molecule has 0 spiro atoms. The van der Waals surface area contributed by atoms with Crippen molar-refractivity contribution in [3.05, 3.63) is 164 Å². The normalized spacial score (nSPS) is 13.8. The highest BCUT2D eigenvalue weighted by Gasteiger charge is 2.49. The van der Waals surface area contributed by atoms with Crippen LogP contribution in [0.3, 0.4) is 0 Å². The average molecular weight is 707 g/mol. The number of ether oxygens (including phenoxy) is 3. The van der Waals surface area contributed by atoms with Gasteiger partial charge in [-0.25, -0.2) is 0 Å². The maximum atomic E-state index is 6.92. The highest BCUT2D eigenvalue weighted by molar-refractivity contribution is 6.94. The summed E-state index contributed by atoms with van der Waals surface area (Å²) in [5, 5.41) is 2.13. The van der Waals surface area contributed by atoms with Gasteiger partial charge in [0.25, 0.3) is 0 Å². The van der Waals surface area contributed by atoms with Crippen molar-refractivity contribution in [1.29, 1.82) is 0 Å². The first-order chi connectivity index (χ1) is 27.3. The Bertz CT molecular complexity index is 3100. The smallest absolute Gasteiger partial charge is 0.333 e. The van der Waals surface area contributed by atoms with Crippen molar-refractivity contribution >= 4 is 68.1 Å². The van der Waals surface area contributed by atoms with Crippen molar-refractivity contribution in [2.24, 2.45) is 0 Å². The molecule has 0 fully saturated rings. The molecule has 13 rings (SSSR count). The van der Waals surface area contributed by atoms with Gasteiger partial charge in [-0.05, 0) is 82.7 Å². The van der Waals surface area contributed by atoms with E-state index in [9.17, 15) is 0 Å². The summed E-state index contributed by atoms with van der Waals surface area (Å²) in [5.74, 6) is 4.34. The number of rotatable bonds is 2. The molecule has 4 aliphatic rings. The Kier molecular flexibility index (Phi) is 5.62. The van der Waals surface area contributed by atoms with Crippen LogP contribution in [0.15, 0.2) is 168 Å². The first-order valence-corrected chi connectivity index (χ1v) is 18.5. The van der Waals surface area contributed by atoms with Gasteiger partial charge in [-0.2, -0.15) is 0 Å². The third-order valence-corrected chi connectivity index (χ3v) is 11.5. The minimum Gasteiger partial charge on any atom is -0.455 e. The maximum absolute atomic E-state index is 6.92. The van der Waals surface area contributed by atoms with E-state index >= 15 is 0 Å². The number of furan rings is 1. The van der Waals surface area contributed by atoms with Crippen LogP contribution in [0.25, 0.3) is 44.2 Å². The Balaban J connectivity index is 1.16. The highest BCUT2D eigenvalue weighted by Crippen LogP contribution is 2.58. The Morgan fingerprint density at radius 1 is 0.455 bits per heavy atom. The summed E-state index contributed by atoms with van der Waals surface area (Å²) in [6.07, 6.45) is 0. The third kappa shape index (κ3) is 3.93. The topological polar surface area (TPSA) is 47.3 Å². The molecule has 256 valence electrons. The van der Waals surface area contributed by atoms with E-state index in [1.807, 2.05) is 42.5 Å². The molecular formula is C48H27BN2O4. The predicted molar refractivity (Wildman–Crippen MR) is 220 cm³/mol. The Labute approximate surface area is 316 Å². The van der Waals surface area contributed by atoms with Gasteiger partial charge in [0.05, 0.1) is 11.4 Å². The molecule has 0 radical (unpaired) electrons. The summed E-state index contributed by atoms with van der Waals surface area (Å²) in [7, 11) is 0. The van der Waals surface area contributed by atoms with E-state index < -0.39 is 0 Å². The minimum atomic E-state index is -0.243. The Morgan fingerprint density at radius 3 is 1.96 bits per heavy atom. The predicted octanol–water partition coefficient (Wildman–Crippen LogP) is 12.0. The number of hydrogen-bond acceptors (Lipinski definition) is 6. The lowest BCUT2D eigenvalue weighted by atomic mass is 9.43. The first kappa shape index (κ1) is 29.1. The van der Waals surface area contributed by atoms with Gasteiger partial charge in [0.15, 0.2) is 34.5 Å². The van der Waals surface area contributed by atoms with Crippen LogP contribution in [-0.2, 0) is 0 Å². The van der Waals surface area contributed by atoms with E-state index in [1.165, 1.54) is 5.56 Å². The summed E-state index contributed by atoms with van der Waals surface area (Å²) in [6, 6.07) is 56.9. The molecule has 8 aromatic carbocycles. The Hall–Kier alpha value is -7.38. The van der Waals surface area contributed by atoms with Crippen molar-refractivity contribution in [3.63, 3.8) is 0 Å². The summed E-state index contributed by atoms with van der Waals surface area (Å²) in [4.78, 5) is 4.86. The molecule has 0 bridgehead atoms. The Morgan fingerprint density at radius 2 is 1.13 bits per heavy atom. The van der Waals surface area contributed by atoms with Crippen LogP contribution in [0, 0.1) is 0 Å². The molecule has 0 saturated carbocycles. The summed E-state index contributed by atoms with van der Waals surface area (Å²) in [6.45, 7) is -0.243. The lowest BCUT2D eigenvalue weighted by molar-refractivity contribution is 0.360. The number of hydrogen-bond donors (Lipinski definition) is 0. The fraction of sp³-hybridized carbons (Fsp3) is 0. The lowest BCUT2D eigenvalue weighted by Gasteiger charge is -2.47. The SMILES string of the molecule is c1ccc(-c2ccc(N3B4c5cccc6c5N(c5ccccc5O6)c5cc6c(oc7ccccc76)c(c54)-c4cc5c(cc43)Oc3ccccc3O5)cc2)cc1. The summed E-state index contributed by atoms with van der Waals surface area (Å²) >= 11 is 0. The molecule has 7 heteroatoms. The van der Waals surface area contributed by atoms with E-state index in [-0.39, 0.29) is 6.85 Å². The molecule has 0 atom stereocenters. The van der Waals surface area contributed by atoms with E-state index in [0.29, 0.717) is 23.0 Å². The van der Waals surface area contributed by atoms with E-state index in [0.717, 1.165) is 89.5 Å². The van der Waals surface area contributed by atoms with Crippen LogP contribution < -0.4 is 34.8 Å². The fourth-order valence-corrected chi connectivity index (χ4v) is 9.15. The second-order valence-electron chi connectivity index (χ2n) is 14.4. The van der Waals surface area contributed by atoms with Crippen LogP contribution in [0.5, 0.6) is 34.5 Å². The number of anilines is 5. The molecule has 1 aromatic heterocycles. The van der Waals surface area contributed by atoms with Crippen molar-refractivity contribution in [1.82, 2.24) is 0 Å². The second-order valence-corrected chi connectivity index (χ2v) is 14.4. The lowest BCUT2D eigenvalue weighted by Crippen LogP contribution is -2.61. The molecule has 0 aliphatic carbocycles. The molecular weight excluding hydrogens is 679 g/mol. The van der Waals surface area contributed by atoms with Gasteiger partial charge in [-0.3, -0.25) is 0 Å². The fourth-order valence-electron chi connectivity index (χ4n) is 9.15. The van der Waals surface area contributed by atoms with Gasteiger partial charge in [0.2, 0.25) is 0 Å². The molecule has 0 unspecified atom stereocenters. The van der Waals surface area contributed by atoms with Crippen LogP contribution >= 0.6 is 0 Å². The molecule has 0 amide bonds. The van der Waals surface area contributed by atoms with Crippen molar-refractivity contribution in [2.75, 3.05) is 9.71 Å². The molecule has 0 N–H and O–H groups in total. The third-order valence-electron chi connectivity index (χ3n) is 11.5. The van der Waals surface area contributed by atoms with Crippen LogP contribution in [0.1, 0.15) is 0 Å². The number of para-hydroxylation sites is 6. The number of nitrogens with zero attached hydrogens (tertiary/aromatic N) is 2. The van der Waals surface area contributed by atoms with E-state index in [1.54, 1.807) is 0 Å². The zero-order chi connectivity index (χ0) is 35.8. The monoisotopic (exact) mass is 706 g/mol. The number of fused-ring (bicyclic) bond motifs is 12. The van der Waals surface area contributed by atoms with Gasteiger partial charge in [0.1, 0.15) is 11.2 Å². The van der Waals surface area contributed by atoms with Gasteiger partial charge < -0.3 is 28.3 Å². The molecule has 0 saturated heterocycles. The zero-order valence-electron chi connectivity index (χ0n) is 29.2. The first-order valence-electron chi connectivity index (χ1n) is 18.5. The van der Waals surface area contributed by atoms with E-state index in [4.69, 9.17) is 18.6 Å². The van der Waals surface area contributed by atoms with Crippen LogP contribution in [-0.4, -0.2) is 6.85 Å². The summed E-state index contributed by atoms with van der Waals surface area (Å²) < 4.78 is 26.8. The zero-order valence-corrected chi connectivity index (χ0v) is 29.2. The molecule has 6 nitrogen and oxygen atoms in total. The number of benzene rings is 8. The highest BCUT2D eigenvalue weighted by atomic mass is 16.6. The average Bonchev–Trinajstić information content (AvgIpc) is 3.62. The van der Waals surface area contributed by atoms with Gasteiger partial charge >= 0.3 is 6.85 Å². The van der Waals surface area contributed by atoms with Gasteiger partial charge in [0, 0.05) is 45.0 Å². The molecule has 4 aliphatic heterocycles. The quantitative estimate of drug-likeness (QED) is 0.167. The van der Waals surface area contributed by atoms with E-state index in [2.05, 4.69) is 131 Å². The molecule has 9 aromatic rings. The largest absolute Gasteiger partial charge is 0.455 e. The van der Waals surface area contributed by atoms with Gasteiger partial charge in [-0.1, -0.05) is 97.1 Å². The van der Waals surface area contributed by atoms with Crippen molar-refractivity contribution in [2.45, 2.75) is 0 Å². The van der Waals surface area contributed by atoms with Crippen molar-refractivity contribution in [3.8, 4) is 56.8 Å². The molecule has 55 heavy (non-hydrogen) atoms. The second kappa shape index (κ2) is 10.6. The summed E-state index contributed by atoms with van der Waals surface area (Å²) in [5.41, 5.74) is 13.5. The van der Waals surface area contributed by atoms with Crippen molar-refractivity contribution < 1.29 is 18.6 Å². The minimum absolute atomic E-state index is 0.243. The van der Waals surface area contributed by atoms with Gasteiger partial charge in [-0.15, -0.1) is 0 Å². The molecule has 5 heterocycles. The van der Waals surface area contributed by atoms with Crippen LogP contribution in [0.2, 0.25) is 0 Å². The van der Waals surface area contributed by atoms with Crippen LogP contribution in [0.4, 0.5) is 28.4 Å². The standard InChI is InChI=1S/C48H27BN2O4/c1-2-11-28(12-3-1)29-21-23-30(24-22-29)51-36-27-44-43(53-40-18-8-9-19-41(40)54-44)26-33(36)45-46-37(25-32-31-13-4-6-16-38(31)55-48(32)45)50-35-15-5-7-17-39(35)52-42-20-10-14-34(47(42)50)49(46)51/h1-27H.